The Morgan fingerprint density at radius 2 is 1.53 bits per heavy atom. The fourth-order valence-electron chi connectivity index (χ4n) is 4.09. The second kappa shape index (κ2) is 7.90. The number of hydrogen-bond acceptors (Lipinski definition) is 5. The van der Waals surface area contributed by atoms with Crippen LogP contribution in [0.5, 0.6) is 0 Å². The Balaban J connectivity index is 1.47. The van der Waals surface area contributed by atoms with Crippen LogP contribution in [-0.2, 0) is 13.1 Å². The maximum absolute atomic E-state index is 8.97. The molecule has 146 valence electrons. The summed E-state index contributed by atoms with van der Waals surface area (Å²) in [6.07, 6.45) is 1.69. The highest BCUT2D eigenvalue weighted by Crippen LogP contribution is 2.32. The molecule has 0 fully saturated rings. The second-order valence-corrected chi connectivity index (χ2v) is 7.33. The quantitative estimate of drug-likeness (QED) is 0.528. The minimum atomic E-state index is 0.165. The number of benzene rings is 2. The van der Waals surface area contributed by atoms with E-state index in [4.69, 9.17) is 5.26 Å². The molecule has 30 heavy (non-hydrogen) atoms. The molecular weight excluding hydrogens is 372 g/mol. The summed E-state index contributed by atoms with van der Waals surface area (Å²) in [5, 5.41) is 17.9. The molecule has 0 spiro atoms. The van der Waals surface area contributed by atoms with E-state index < -0.39 is 0 Å². The van der Waals surface area contributed by atoms with Gasteiger partial charge in [-0.2, -0.15) is 5.26 Å². The van der Waals surface area contributed by atoms with Crippen LogP contribution in [0.4, 0.5) is 0 Å². The molecule has 0 unspecified atom stereocenters. The number of fused-ring (bicyclic) bond motifs is 1. The van der Waals surface area contributed by atoms with E-state index in [1.807, 2.05) is 6.07 Å². The Labute approximate surface area is 175 Å². The van der Waals surface area contributed by atoms with Crippen molar-refractivity contribution in [2.75, 3.05) is 6.54 Å². The molecule has 0 saturated carbocycles. The van der Waals surface area contributed by atoms with Crippen molar-refractivity contribution < 1.29 is 0 Å². The van der Waals surface area contributed by atoms with E-state index in [1.165, 1.54) is 11.1 Å². The van der Waals surface area contributed by atoms with Gasteiger partial charge in [0.1, 0.15) is 17.6 Å². The van der Waals surface area contributed by atoms with Crippen LogP contribution in [0.15, 0.2) is 79.0 Å². The Bertz CT molecular complexity index is 1140. The fourth-order valence-corrected chi connectivity index (χ4v) is 4.09. The Morgan fingerprint density at radius 1 is 0.833 bits per heavy atom. The molecule has 0 atom stereocenters. The Morgan fingerprint density at radius 3 is 2.13 bits per heavy atom. The van der Waals surface area contributed by atoms with Gasteiger partial charge in [-0.15, -0.1) is 10.2 Å². The summed E-state index contributed by atoms with van der Waals surface area (Å²) in [7, 11) is 0. The van der Waals surface area contributed by atoms with E-state index >= 15 is 0 Å². The van der Waals surface area contributed by atoms with Gasteiger partial charge in [-0.1, -0.05) is 60.7 Å². The Kier molecular flexibility index (Phi) is 4.80. The van der Waals surface area contributed by atoms with Gasteiger partial charge in [0.15, 0.2) is 5.82 Å². The predicted molar refractivity (Wildman–Crippen MR) is 113 cm³/mol. The molecule has 1 aliphatic heterocycles. The first-order valence-corrected chi connectivity index (χ1v) is 9.96. The van der Waals surface area contributed by atoms with Gasteiger partial charge >= 0.3 is 0 Å². The second-order valence-electron chi connectivity index (χ2n) is 7.33. The van der Waals surface area contributed by atoms with Gasteiger partial charge in [-0.3, -0.25) is 4.90 Å². The Hall–Kier alpha value is -3.82. The summed E-state index contributed by atoms with van der Waals surface area (Å²) in [5.74, 6) is 1.75. The number of pyridine rings is 1. The van der Waals surface area contributed by atoms with E-state index in [9.17, 15) is 0 Å². The average molecular weight is 392 g/mol. The van der Waals surface area contributed by atoms with Gasteiger partial charge in [-0.05, 0) is 23.3 Å². The molecule has 2 aromatic heterocycles. The number of hydrogen-bond donors (Lipinski definition) is 0. The van der Waals surface area contributed by atoms with Gasteiger partial charge in [0.25, 0.3) is 0 Å². The number of nitriles is 1. The minimum absolute atomic E-state index is 0.165. The highest BCUT2D eigenvalue weighted by Gasteiger charge is 2.28. The van der Waals surface area contributed by atoms with E-state index in [0.717, 1.165) is 30.3 Å². The molecule has 5 rings (SSSR count). The molecule has 6 heteroatoms. The lowest BCUT2D eigenvalue weighted by atomic mass is 9.96. The van der Waals surface area contributed by atoms with Crippen LogP contribution in [0, 0.1) is 11.3 Å². The third-order valence-electron chi connectivity index (χ3n) is 5.51. The van der Waals surface area contributed by atoms with Crippen molar-refractivity contribution in [2.24, 2.45) is 0 Å². The van der Waals surface area contributed by atoms with Crippen LogP contribution in [0.2, 0.25) is 0 Å². The zero-order chi connectivity index (χ0) is 20.3. The maximum atomic E-state index is 8.97. The van der Waals surface area contributed by atoms with Gasteiger partial charge in [0, 0.05) is 24.8 Å². The summed E-state index contributed by atoms with van der Waals surface area (Å²) in [6.45, 7) is 2.40. The monoisotopic (exact) mass is 392 g/mol. The maximum Gasteiger partial charge on any atom is 0.165 e. The summed E-state index contributed by atoms with van der Waals surface area (Å²) in [6, 6.07) is 27.0. The molecule has 1 aliphatic rings. The van der Waals surface area contributed by atoms with Gasteiger partial charge in [0.05, 0.1) is 12.6 Å². The van der Waals surface area contributed by atoms with Crippen molar-refractivity contribution in [1.82, 2.24) is 24.6 Å². The highest BCUT2D eigenvalue weighted by atomic mass is 15.3. The molecular formula is C24H20N6. The molecule has 2 aromatic carbocycles. The van der Waals surface area contributed by atoms with Crippen molar-refractivity contribution in [3.05, 3.63) is 102 Å². The van der Waals surface area contributed by atoms with E-state index in [-0.39, 0.29) is 6.04 Å². The van der Waals surface area contributed by atoms with Gasteiger partial charge < -0.3 is 4.57 Å². The van der Waals surface area contributed by atoms with Crippen LogP contribution >= 0.6 is 0 Å². The van der Waals surface area contributed by atoms with E-state index in [0.29, 0.717) is 12.2 Å². The van der Waals surface area contributed by atoms with Gasteiger partial charge in [0.2, 0.25) is 0 Å². The van der Waals surface area contributed by atoms with Crippen molar-refractivity contribution in [3.63, 3.8) is 0 Å². The van der Waals surface area contributed by atoms with Gasteiger partial charge in [-0.25, -0.2) is 4.98 Å². The molecule has 0 amide bonds. The van der Waals surface area contributed by atoms with Crippen molar-refractivity contribution in [2.45, 2.75) is 19.1 Å². The molecule has 4 aromatic rings. The number of aromatic nitrogens is 4. The smallest absolute Gasteiger partial charge is 0.165 e. The van der Waals surface area contributed by atoms with Crippen LogP contribution < -0.4 is 0 Å². The fraction of sp³-hybridized carbons (Fsp3) is 0.167. The predicted octanol–water partition coefficient (Wildman–Crippen LogP) is 3.82. The summed E-state index contributed by atoms with van der Waals surface area (Å²) in [5.41, 5.74) is 3.82. The topological polar surface area (TPSA) is 70.6 Å². The van der Waals surface area contributed by atoms with Crippen molar-refractivity contribution in [3.8, 4) is 17.5 Å². The van der Waals surface area contributed by atoms with Crippen LogP contribution in [0.1, 0.15) is 28.7 Å². The van der Waals surface area contributed by atoms with Crippen LogP contribution in [0.3, 0.4) is 0 Å². The number of nitrogens with zero attached hydrogens (tertiary/aromatic N) is 6. The summed E-state index contributed by atoms with van der Waals surface area (Å²) < 4.78 is 2.16. The van der Waals surface area contributed by atoms with Crippen molar-refractivity contribution in [1.29, 1.82) is 5.26 Å². The lowest BCUT2D eigenvalue weighted by Gasteiger charge is -2.35. The third-order valence-corrected chi connectivity index (χ3v) is 5.51. The largest absolute Gasteiger partial charge is 0.309 e. The molecule has 0 N–H and O–H groups in total. The molecule has 0 bridgehead atoms. The number of rotatable bonds is 4. The zero-order valence-corrected chi connectivity index (χ0v) is 16.4. The molecule has 6 nitrogen and oxygen atoms in total. The van der Waals surface area contributed by atoms with Crippen LogP contribution in [-0.4, -0.2) is 31.2 Å². The van der Waals surface area contributed by atoms with Crippen LogP contribution in [0.25, 0.3) is 11.4 Å². The minimum Gasteiger partial charge on any atom is -0.309 e. The van der Waals surface area contributed by atoms with Crippen molar-refractivity contribution >= 4 is 0 Å². The summed E-state index contributed by atoms with van der Waals surface area (Å²) >= 11 is 0. The molecule has 0 saturated heterocycles. The van der Waals surface area contributed by atoms with E-state index in [1.54, 1.807) is 12.3 Å². The highest BCUT2D eigenvalue weighted by molar-refractivity contribution is 5.54. The normalized spacial score (nSPS) is 13.7. The first kappa shape index (κ1) is 18.2. The first-order chi connectivity index (χ1) is 14.8. The standard InChI is InChI=1S/C24H20N6/c25-15-21-12-11-20(16-26-21)24-28-27-22-17-29(13-14-30(22)24)23(18-7-3-1-4-8-18)19-9-5-2-6-10-19/h1-12,16,23H,13-14,17H2. The third kappa shape index (κ3) is 3.36. The van der Waals surface area contributed by atoms with E-state index in [2.05, 4.69) is 91.4 Å². The lowest BCUT2D eigenvalue weighted by molar-refractivity contribution is 0.176. The zero-order valence-electron chi connectivity index (χ0n) is 16.4. The molecule has 3 heterocycles. The first-order valence-electron chi connectivity index (χ1n) is 9.96. The average Bonchev–Trinajstić information content (AvgIpc) is 3.24. The molecule has 0 radical (unpaired) electrons. The SMILES string of the molecule is N#Cc1ccc(-c2nnc3n2CCN(C(c2ccccc2)c2ccccc2)C3)cn1. The lowest BCUT2D eigenvalue weighted by Crippen LogP contribution is -2.37. The molecule has 0 aliphatic carbocycles. The summed E-state index contributed by atoms with van der Waals surface area (Å²) in [4.78, 5) is 6.63.